The predicted octanol–water partition coefficient (Wildman–Crippen LogP) is 2.95. The molecule has 0 radical (unpaired) electrons. The first kappa shape index (κ1) is 18.5. The highest BCUT2D eigenvalue weighted by atomic mass is 32.2. The lowest BCUT2D eigenvalue weighted by Crippen LogP contribution is -2.37. The summed E-state index contributed by atoms with van der Waals surface area (Å²) in [6.07, 6.45) is 0.401. The van der Waals surface area contributed by atoms with Crippen molar-refractivity contribution in [3.05, 3.63) is 29.3 Å². The number of sulfone groups is 1. The van der Waals surface area contributed by atoms with Crippen molar-refractivity contribution in [3.63, 3.8) is 0 Å². The van der Waals surface area contributed by atoms with E-state index in [2.05, 4.69) is 11.1 Å². The Labute approximate surface area is 153 Å². The summed E-state index contributed by atoms with van der Waals surface area (Å²) in [7, 11) is -3.04. The normalized spacial score (nSPS) is 26.4. The van der Waals surface area contributed by atoms with Crippen molar-refractivity contribution in [1.29, 1.82) is 0 Å². The van der Waals surface area contributed by atoms with Crippen molar-refractivity contribution in [3.8, 4) is 0 Å². The molecule has 2 heterocycles. The van der Waals surface area contributed by atoms with E-state index in [1.54, 1.807) is 0 Å². The minimum atomic E-state index is -3.04. The van der Waals surface area contributed by atoms with Crippen LogP contribution in [0.5, 0.6) is 0 Å². The van der Waals surface area contributed by atoms with Gasteiger partial charge in [-0.15, -0.1) is 0 Å². The van der Waals surface area contributed by atoms with Crippen LogP contribution in [0.4, 0.5) is 5.69 Å². The van der Waals surface area contributed by atoms with Crippen LogP contribution >= 0.6 is 11.8 Å². The second-order valence-corrected chi connectivity index (χ2v) is 10.8. The standard InChI is InChI=1S/C18H24N2O3S2/c1-11(2)5-17(21)19-18-20(14-7-12(3)6-13(4)8-14)15-9-25(22,23)10-16(15)24-18/h6-8,11,15-16H,5,9-10H2,1-4H3/t15-,16+/m1/s1. The number of fused-ring (bicyclic) bond motifs is 1. The monoisotopic (exact) mass is 380 g/mol. The molecule has 0 bridgehead atoms. The first-order valence-corrected chi connectivity index (χ1v) is 11.2. The molecule has 25 heavy (non-hydrogen) atoms. The molecule has 1 aromatic rings. The van der Waals surface area contributed by atoms with Gasteiger partial charge in [0.1, 0.15) is 0 Å². The Balaban J connectivity index is 2.00. The Bertz CT molecular complexity index is 810. The van der Waals surface area contributed by atoms with Crippen LogP contribution < -0.4 is 4.90 Å². The molecule has 1 amide bonds. The molecule has 2 saturated heterocycles. The molecule has 0 N–H and O–H groups in total. The molecular weight excluding hydrogens is 356 g/mol. The van der Waals surface area contributed by atoms with Gasteiger partial charge in [0.2, 0.25) is 5.91 Å². The van der Waals surface area contributed by atoms with E-state index in [0.29, 0.717) is 11.6 Å². The molecule has 2 aliphatic heterocycles. The number of hydrogen-bond acceptors (Lipinski definition) is 4. The Kier molecular flexibility index (Phi) is 4.99. The number of rotatable bonds is 3. The van der Waals surface area contributed by atoms with Gasteiger partial charge >= 0.3 is 0 Å². The van der Waals surface area contributed by atoms with Gasteiger partial charge in [-0.2, -0.15) is 4.99 Å². The zero-order chi connectivity index (χ0) is 18.4. The summed E-state index contributed by atoms with van der Waals surface area (Å²) in [5.41, 5.74) is 3.14. The van der Waals surface area contributed by atoms with Crippen molar-refractivity contribution < 1.29 is 13.2 Å². The molecule has 2 atom stereocenters. The predicted molar refractivity (Wildman–Crippen MR) is 104 cm³/mol. The molecule has 0 aromatic heterocycles. The summed E-state index contributed by atoms with van der Waals surface area (Å²) in [5.74, 6) is 0.378. The van der Waals surface area contributed by atoms with E-state index >= 15 is 0 Å². The number of amides is 1. The third-order valence-corrected chi connectivity index (χ3v) is 7.56. The number of amidine groups is 1. The van der Waals surface area contributed by atoms with E-state index in [-0.39, 0.29) is 34.6 Å². The number of carbonyl (C=O) groups excluding carboxylic acids is 1. The Morgan fingerprint density at radius 3 is 2.48 bits per heavy atom. The fraction of sp³-hybridized carbons (Fsp3) is 0.556. The Hall–Kier alpha value is -1.34. The molecule has 0 unspecified atom stereocenters. The summed E-state index contributed by atoms with van der Waals surface area (Å²) in [5, 5.41) is 0.581. The lowest BCUT2D eigenvalue weighted by Gasteiger charge is -2.25. The van der Waals surface area contributed by atoms with Crippen molar-refractivity contribution in [1.82, 2.24) is 0 Å². The number of carbonyl (C=O) groups is 1. The van der Waals surface area contributed by atoms with E-state index in [4.69, 9.17) is 0 Å². The van der Waals surface area contributed by atoms with Gasteiger partial charge in [-0.05, 0) is 43.0 Å². The lowest BCUT2D eigenvalue weighted by molar-refractivity contribution is -0.118. The van der Waals surface area contributed by atoms with Gasteiger partial charge in [-0.1, -0.05) is 31.7 Å². The molecule has 0 saturated carbocycles. The largest absolute Gasteiger partial charge is 0.316 e. The molecule has 1 aromatic carbocycles. The summed E-state index contributed by atoms with van der Waals surface area (Å²) in [6.45, 7) is 8.01. The number of benzene rings is 1. The van der Waals surface area contributed by atoms with Gasteiger partial charge in [-0.25, -0.2) is 8.42 Å². The molecule has 7 heteroatoms. The maximum Gasteiger partial charge on any atom is 0.248 e. The highest BCUT2D eigenvalue weighted by Crippen LogP contribution is 2.41. The van der Waals surface area contributed by atoms with Gasteiger partial charge < -0.3 is 4.90 Å². The molecule has 0 aliphatic carbocycles. The summed E-state index contributed by atoms with van der Waals surface area (Å²) < 4.78 is 24.2. The number of aliphatic imine (C=N–C) groups is 1. The van der Waals surface area contributed by atoms with E-state index in [1.165, 1.54) is 11.8 Å². The molecular formula is C18H24N2O3S2. The average Bonchev–Trinajstić information content (AvgIpc) is 2.87. The number of anilines is 1. The smallest absolute Gasteiger partial charge is 0.248 e. The summed E-state index contributed by atoms with van der Waals surface area (Å²) in [6, 6.07) is 5.99. The number of aryl methyl sites for hydroxylation is 2. The Morgan fingerprint density at radius 2 is 1.88 bits per heavy atom. The van der Waals surface area contributed by atoms with E-state index < -0.39 is 9.84 Å². The van der Waals surface area contributed by atoms with Crippen molar-refractivity contribution in [2.24, 2.45) is 10.9 Å². The molecule has 3 rings (SSSR count). The van der Waals surface area contributed by atoms with Crippen molar-refractivity contribution in [2.75, 3.05) is 16.4 Å². The van der Waals surface area contributed by atoms with Crippen LogP contribution in [0.3, 0.4) is 0 Å². The minimum Gasteiger partial charge on any atom is -0.316 e. The topological polar surface area (TPSA) is 66.8 Å². The maximum atomic E-state index is 12.2. The molecule has 136 valence electrons. The van der Waals surface area contributed by atoms with Gasteiger partial charge in [-0.3, -0.25) is 4.79 Å². The molecule has 0 spiro atoms. The number of hydrogen-bond donors (Lipinski definition) is 0. The van der Waals surface area contributed by atoms with Crippen LogP contribution in [0.25, 0.3) is 0 Å². The first-order valence-electron chi connectivity index (χ1n) is 8.51. The maximum absolute atomic E-state index is 12.2. The number of nitrogens with zero attached hydrogens (tertiary/aromatic N) is 2. The highest BCUT2D eigenvalue weighted by Gasteiger charge is 2.49. The zero-order valence-corrected chi connectivity index (χ0v) is 16.7. The van der Waals surface area contributed by atoms with Gasteiger partial charge in [0.25, 0.3) is 0 Å². The van der Waals surface area contributed by atoms with Crippen LogP contribution in [0.15, 0.2) is 23.2 Å². The molecule has 5 nitrogen and oxygen atoms in total. The molecule has 2 fully saturated rings. The van der Waals surface area contributed by atoms with Crippen LogP contribution in [0.1, 0.15) is 31.4 Å². The van der Waals surface area contributed by atoms with Gasteiger partial charge in [0.15, 0.2) is 15.0 Å². The SMILES string of the molecule is Cc1cc(C)cc(N2C(=NC(=O)CC(C)C)S[C@H]3CS(=O)(=O)C[C@H]32)c1. The van der Waals surface area contributed by atoms with Crippen LogP contribution in [-0.2, 0) is 14.6 Å². The van der Waals surface area contributed by atoms with Crippen molar-refractivity contribution in [2.45, 2.75) is 45.4 Å². The van der Waals surface area contributed by atoms with E-state index in [1.807, 2.05) is 44.7 Å². The van der Waals surface area contributed by atoms with Gasteiger partial charge in [0, 0.05) is 17.4 Å². The van der Waals surface area contributed by atoms with Crippen LogP contribution in [0, 0.1) is 19.8 Å². The highest BCUT2D eigenvalue weighted by molar-refractivity contribution is 8.16. The number of thioether (sulfide) groups is 1. The van der Waals surface area contributed by atoms with Crippen LogP contribution in [0.2, 0.25) is 0 Å². The summed E-state index contributed by atoms with van der Waals surface area (Å²) >= 11 is 1.43. The average molecular weight is 381 g/mol. The van der Waals surface area contributed by atoms with E-state index in [0.717, 1.165) is 16.8 Å². The molecule has 2 aliphatic rings. The van der Waals surface area contributed by atoms with Gasteiger partial charge in [0.05, 0.1) is 17.5 Å². The quantitative estimate of drug-likeness (QED) is 0.806. The second-order valence-electron chi connectivity index (χ2n) is 7.40. The fourth-order valence-electron chi connectivity index (χ4n) is 3.46. The first-order chi connectivity index (χ1) is 11.6. The second kappa shape index (κ2) is 6.76. The van der Waals surface area contributed by atoms with Crippen LogP contribution in [-0.4, -0.2) is 42.3 Å². The van der Waals surface area contributed by atoms with E-state index in [9.17, 15) is 13.2 Å². The fourth-order valence-corrected chi connectivity index (χ4v) is 7.39. The lowest BCUT2D eigenvalue weighted by atomic mass is 10.1. The third kappa shape index (κ3) is 4.08. The van der Waals surface area contributed by atoms with Crippen molar-refractivity contribution >= 4 is 38.4 Å². The Morgan fingerprint density at radius 1 is 1.24 bits per heavy atom. The zero-order valence-electron chi connectivity index (χ0n) is 15.0. The minimum absolute atomic E-state index is 0.0589. The third-order valence-electron chi connectivity index (χ3n) is 4.35. The summed E-state index contributed by atoms with van der Waals surface area (Å²) in [4.78, 5) is 18.5.